The summed E-state index contributed by atoms with van der Waals surface area (Å²) in [6.45, 7) is 4.99. The third-order valence-electron chi connectivity index (χ3n) is 1.10. The molecule has 64 valence electrons. The smallest absolute Gasteiger partial charge is 0.333 e. The monoisotopic (exact) mass is 169 g/mol. The second-order valence-electron chi connectivity index (χ2n) is 2.87. The summed E-state index contributed by atoms with van der Waals surface area (Å²) in [6, 6.07) is 0. The minimum atomic E-state index is -3.36. The maximum atomic E-state index is 10.9. The maximum absolute atomic E-state index is 10.9. The molecule has 0 fully saturated rings. The van der Waals surface area contributed by atoms with Crippen molar-refractivity contribution in [2.24, 2.45) is 0 Å². The lowest BCUT2D eigenvalue weighted by atomic mass is 10.3. The predicted molar refractivity (Wildman–Crippen MR) is 41.6 cm³/mol. The molecule has 0 aliphatic rings. The quantitative estimate of drug-likeness (QED) is 0.586. The van der Waals surface area contributed by atoms with Crippen LogP contribution in [0.2, 0.25) is 0 Å². The van der Waals surface area contributed by atoms with Gasteiger partial charge in [0, 0.05) is 7.11 Å². The molecule has 1 atom stereocenters. The number of hydrogen-bond acceptors (Lipinski definition) is 3. The Morgan fingerprint density at radius 3 is 1.70 bits per heavy atom. The maximum Gasteiger partial charge on any atom is 0.333 e. The van der Waals surface area contributed by atoms with Crippen molar-refractivity contribution in [1.29, 1.82) is 0 Å². The van der Waals surface area contributed by atoms with E-state index in [0.717, 1.165) is 0 Å². The molecule has 4 N–H and O–H groups in total. The molecule has 10 heavy (non-hydrogen) atoms. The largest absolute Gasteiger partial charge is 0.344 e. The molecule has 0 rings (SSSR count). The zero-order valence-electron chi connectivity index (χ0n) is 6.92. The summed E-state index contributed by atoms with van der Waals surface area (Å²) in [7, 11) is -2.12. The molecule has 0 saturated carbocycles. The highest BCUT2D eigenvalue weighted by Crippen LogP contribution is 2.53. The van der Waals surface area contributed by atoms with Gasteiger partial charge in [0.05, 0.1) is 5.16 Å². The highest BCUT2D eigenvalue weighted by molar-refractivity contribution is 7.54. The summed E-state index contributed by atoms with van der Waals surface area (Å²) in [5.41, 5.74) is 0. The highest BCUT2D eigenvalue weighted by atomic mass is 31.2. The standard InChI is InChI=1S/C5H13O3P.H3N/c1-5(2,3)9(6,7)8-4;/h1-4H3,(H,6,7);1H3. The van der Waals surface area contributed by atoms with E-state index in [-0.39, 0.29) is 6.15 Å². The van der Waals surface area contributed by atoms with Crippen LogP contribution in [0, 0.1) is 0 Å². The van der Waals surface area contributed by atoms with Crippen LogP contribution < -0.4 is 6.15 Å². The van der Waals surface area contributed by atoms with Gasteiger partial charge >= 0.3 is 7.60 Å². The van der Waals surface area contributed by atoms with Crippen molar-refractivity contribution in [3.8, 4) is 0 Å². The molecular formula is C5H16NO3P. The Bertz CT molecular complexity index is 140. The third kappa shape index (κ3) is 2.80. The van der Waals surface area contributed by atoms with Gasteiger partial charge < -0.3 is 15.6 Å². The van der Waals surface area contributed by atoms with Crippen LogP contribution in [-0.4, -0.2) is 17.2 Å². The van der Waals surface area contributed by atoms with E-state index in [2.05, 4.69) is 4.52 Å². The van der Waals surface area contributed by atoms with Crippen LogP contribution >= 0.6 is 7.60 Å². The molecule has 0 aromatic rings. The Hall–Kier alpha value is 0.110. The average Bonchev–Trinajstić information content (AvgIpc) is 1.64. The van der Waals surface area contributed by atoms with Crippen LogP contribution in [-0.2, 0) is 9.09 Å². The van der Waals surface area contributed by atoms with Crippen LogP contribution in [0.4, 0.5) is 0 Å². The normalized spacial score (nSPS) is 17.3. The first kappa shape index (κ1) is 12.8. The fraction of sp³-hybridized carbons (Fsp3) is 1.00. The predicted octanol–water partition coefficient (Wildman–Crippen LogP) is 1.78. The fourth-order valence-electron chi connectivity index (χ4n) is 0.274. The molecule has 0 bridgehead atoms. The van der Waals surface area contributed by atoms with Crippen LogP contribution in [0.25, 0.3) is 0 Å². The Balaban J connectivity index is 0. The number of rotatable bonds is 1. The molecule has 0 aliphatic heterocycles. The van der Waals surface area contributed by atoms with E-state index in [1.165, 1.54) is 7.11 Å². The SMILES string of the molecule is COP(=O)(O)C(C)(C)C.N. The van der Waals surface area contributed by atoms with E-state index < -0.39 is 12.8 Å². The summed E-state index contributed by atoms with van der Waals surface area (Å²) in [5, 5.41) is -0.665. The summed E-state index contributed by atoms with van der Waals surface area (Å²) in [5.74, 6) is 0. The minimum absolute atomic E-state index is 0. The Morgan fingerprint density at radius 1 is 1.40 bits per heavy atom. The van der Waals surface area contributed by atoms with Crippen LogP contribution in [0.1, 0.15) is 20.8 Å². The van der Waals surface area contributed by atoms with Gasteiger partial charge in [0.25, 0.3) is 0 Å². The Labute approximate surface area is 61.7 Å². The van der Waals surface area contributed by atoms with Crippen molar-refractivity contribution in [1.82, 2.24) is 6.15 Å². The molecule has 0 spiro atoms. The van der Waals surface area contributed by atoms with E-state index >= 15 is 0 Å². The molecular weight excluding hydrogens is 153 g/mol. The van der Waals surface area contributed by atoms with Gasteiger partial charge in [0.15, 0.2) is 0 Å². The lowest BCUT2D eigenvalue weighted by Gasteiger charge is -2.22. The second kappa shape index (κ2) is 3.49. The fourth-order valence-corrected chi connectivity index (χ4v) is 0.822. The molecule has 4 nitrogen and oxygen atoms in total. The van der Waals surface area contributed by atoms with Gasteiger partial charge in [0.1, 0.15) is 0 Å². The van der Waals surface area contributed by atoms with Gasteiger partial charge in [-0.25, -0.2) is 0 Å². The number of hydrogen-bond donors (Lipinski definition) is 2. The Morgan fingerprint density at radius 2 is 1.70 bits per heavy atom. The minimum Gasteiger partial charge on any atom is -0.344 e. The molecule has 0 aliphatic carbocycles. The van der Waals surface area contributed by atoms with Crippen molar-refractivity contribution in [3.63, 3.8) is 0 Å². The third-order valence-corrected chi connectivity index (χ3v) is 3.29. The van der Waals surface area contributed by atoms with Gasteiger partial charge in [-0.3, -0.25) is 4.57 Å². The summed E-state index contributed by atoms with van der Waals surface area (Å²) < 4.78 is 15.4. The van der Waals surface area contributed by atoms with Crippen molar-refractivity contribution in [2.45, 2.75) is 25.9 Å². The summed E-state index contributed by atoms with van der Waals surface area (Å²) in [6.07, 6.45) is 0. The van der Waals surface area contributed by atoms with Gasteiger partial charge in [-0.15, -0.1) is 0 Å². The first-order valence-electron chi connectivity index (χ1n) is 2.70. The lowest BCUT2D eigenvalue weighted by Crippen LogP contribution is -2.15. The molecule has 1 unspecified atom stereocenters. The molecule has 0 saturated heterocycles. The van der Waals surface area contributed by atoms with Crippen LogP contribution in [0.15, 0.2) is 0 Å². The van der Waals surface area contributed by atoms with Gasteiger partial charge in [-0.05, 0) is 20.8 Å². The van der Waals surface area contributed by atoms with E-state index in [1.807, 2.05) is 0 Å². The van der Waals surface area contributed by atoms with E-state index in [9.17, 15) is 4.57 Å². The second-order valence-corrected chi connectivity index (χ2v) is 5.62. The van der Waals surface area contributed by atoms with Crippen molar-refractivity contribution in [2.75, 3.05) is 7.11 Å². The zero-order chi connectivity index (χ0) is 7.71. The van der Waals surface area contributed by atoms with Gasteiger partial charge in [-0.2, -0.15) is 0 Å². The molecule has 0 amide bonds. The van der Waals surface area contributed by atoms with Crippen molar-refractivity contribution >= 4 is 7.60 Å². The van der Waals surface area contributed by atoms with Crippen LogP contribution in [0.5, 0.6) is 0 Å². The average molecular weight is 169 g/mol. The summed E-state index contributed by atoms with van der Waals surface area (Å²) >= 11 is 0. The highest BCUT2D eigenvalue weighted by Gasteiger charge is 2.34. The van der Waals surface area contributed by atoms with E-state index in [0.29, 0.717) is 0 Å². The first-order valence-corrected chi connectivity index (χ1v) is 4.27. The zero-order valence-corrected chi connectivity index (χ0v) is 7.81. The topological polar surface area (TPSA) is 81.5 Å². The molecule has 0 heterocycles. The van der Waals surface area contributed by atoms with Gasteiger partial charge in [0.2, 0.25) is 0 Å². The lowest BCUT2D eigenvalue weighted by molar-refractivity contribution is 0.291. The van der Waals surface area contributed by atoms with E-state index in [1.54, 1.807) is 20.8 Å². The first-order chi connectivity index (χ1) is 3.81. The summed E-state index contributed by atoms with van der Waals surface area (Å²) in [4.78, 5) is 8.99. The van der Waals surface area contributed by atoms with Crippen molar-refractivity contribution < 1.29 is 14.0 Å². The molecule has 5 heteroatoms. The van der Waals surface area contributed by atoms with Crippen molar-refractivity contribution in [3.05, 3.63) is 0 Å². The molecule has 0 radical (unpaired) electrons. The Kier molecular flexibility index (Phi) is 4.45. The molecule has 0 aromatic heterocycles. The van der Waals surface area contributed by atoms with Crippen LogP contribution in [0.3, 0.4) is 0 Å². The molecule has 0 aromatic carbocycles. The van der Waals surface area contributed by atoms with E-state index in [4.69, 9.17) is 4.89 Å². The van der Waals surface area contributed by atoms with Gasteiger partial charge in [-0.1, -0.05) is 0 Å².